The zero-order chi connectivity index (χ0) is 25.3. The van der Waals surface area contributed by atoms with Gasteiger partial charge in [0.15, 0.2) is 0 Å². The first kappa shape index (κ1) is 37.5. The second-order valence-corrected chi connectivity index (χ2v) is 13.2. The molecular formula is C29H64ClNO3Si. The Morgan fingerprint density at radius 1 is 0.514 bits per heavy atom. The van der Waals surface area contributed by atoms with E-state index in [-0.39, 0.29) is 12.4 Å². The van der Waals surface area contributed by atoms with Gasteiger partial charge < -0.3 is 18.2 Å². The summed E-state index contributed by atoms with van der Waals surface area (Å²) < 4.78 is 18.8. The number of nitrogens with zero attached hydrogens (tertiary/aromatic N) is 1. The van der Waals surface area contributed by atoms with Gasteiger partial charge in [-0.25, -0.2) is 0 Å². The average Bonchev–Trinajstić information content (AvgIpc) is 2.81. The van der Waals surface area contributed by atoms with E-state index in [9.17, 15) is 0 Å². The molecule has 0 aliphatic rings. The molecule has 0 aromatic rings. The normalized spacial score (nSPS) is 12.8. The van der Waals surface area contributed by atoms with Gasteiger partial charge in [0.2, 0.25) is 0 Å². The lowest BCUT2D eigenvalue weighted by molar-refractivity contribution is 0.0574. The first-order valence-electron chi connectivity index (χ1n) is 15.1. The van der Waals surface area contributed by atoms with Gasteiger partial charge >= 0.3 is 8.80 Å². The largest absolute Gasteiger partial charge is 0.504 e. The van der Waals surface area contributed by atoms with Crippen LogP contribution in [0.3, 0.4) is 0 Å². The second kappa shape index (κ2) is 27.4. The Labute approximate surface area is 228 Å². The smallest absolute Gasteiger partial charge is 0.374 e. The van der Waals surface area contributed by atoms with Crippen LogP contribution in [0.15, 0.2) is 0 Å². The molecule has 0 saturated carbocycles. The SMILES string of the molecule is CCCCCCCCCCCCCCCCCCC(CCN(C)C)[Si](OCC)(OCC)OCC.Cl. The minimum Gasteiger partial charge on any atom is -0.374 e. The van der Waals surface area contributed by atoms with Crippen molar-refractivity contribution in [2.45, 2.75) is 149 Å². The molecule has 35 heavy (non-hydrogen) atoms. The molecule has 0 spiro atoms. The van der Waals surface area contributed by atoms with E-state index in [1.165, 1.54) is 109 Å². The molecule has 0 bridgehead atoms. The van der Waals surface area contributed by atoms with Crippen molar-refractivity contribution in [2.75, 3.05) is 40.5 Å². The van der Waals surface area contributed by atoms with Crippen molar-refractivity contribution in [3.05, 3.63) is 0 Å². The quantitative estimate of drug-likeness (QED) is 0.0770. The van der Waals surface area contributed by atoms with E-state index in [1.807, 2.05) is 0 Å². The molecule has 0 N–H and O–H groups in total. The number of hydrogen-bond donors (Lipinski definition) is 0. The van der Waals surface area contributed by atoms with Crippen molar-refractivity contribution in [2.24, 2.45) is 0 Å². The van der Waals surface area contributed by atoms with Crippen molar-refractivity contribution < 1.29 is 13.3 Å². The lowest BCUT2D eigenvalue weighted by Crippen LogP contribution is -2.51. The lowest BCUT2D eigenvalue weighted by Gasteiger charge is -2.36. The molecule has 0 fully saturated rings. The highest BCUT2D eigenvalue weighted by Crippen LogP contribution is 2.34. The van der Waals surface area contributed by atoms with Crippen LogP contribution in [0, 0.1) is 0 Å². The fourth-order valence-electron chi connectivity index (χ4n) is 4.93. The van der Waals surface area contributed by atoms with E-state index in [4.69, 9.17) is 13.3 Å². The third-order valence-corrected chi connectivity index (χ3v) is 10.5. The third-order valence-electron chi connectivity index (χ3n) is 6.87. The summed E-state index contributed by atoms with van der Waals surface area (Å²) in [7, 11) is 1.67. The molecule has 0 amide bonds. The fraction of sp³-hybridized carbons (Fsp3) is 1.00. The summed E-state index contributed by atoms with van der Waals surface area (Å²) in [5.41, 5.74) is 0.404. The van der Waals surface area contributed by atoms with Crippen molar-refractivity contribution >= 4 is 21.2 Å². The van der Waals surface area contributed by atoms with Gasteiger partial charge in [-0.05, 0) is 54.3 Å². The van der Waals surface area contributed by atoms with Gasteiger partial charge in [0, 0.05) is 25.4 Å². The molecule has 1 unspecified atom stereocenters. The number of rotatable bonds is 27. The molecule has 0 heterocycles. The molecule has 0 aliphatic carbocycles. The molecule has 0 aromatic carbocycles. The summed E-state index contributed by atoms with van der Waals surface area (Å²) in [6.07, 6.45) is 24.8. The van der Waals surface area contributed by atoms with Crippen LogP contribution in [0.5, 0.6) is 0 Å². The van der Waals surface area contributed by atoms with Crippen LogP contribution in [0.1, 0.15) is 143 Å². The maximum Gasteiger partial charge on any atom is 0.504 e. The predicted molar refractivity (Wildman–Crippen MR) is 159 cm³/mol. The van der Waals surface area contributed by atoms with Crippen molar-refractivity contribution in [3.8, 4) is 0 Å². The average molecular weight is 538 g/mol. The van der Waals surface area contributed by atoms with Crippen LogP contribution in [0.25, 0.3) is 0 Å². The van der Waals surface area contributed by atoms with Gasteiger partial charge in [0.1, 0.15) is 0 Å². The highest BCUT2D eigenvalue weighted by Gasteiger charge is 2.48. The van der Waals surface area contributed by atoms with Gasteiger partial charge in [-0.2, -0.15) is 0 Å². The van der Waals surface area contributed by atoms with Gasteiger partial charge in [-0.1, -0.05) is 110 Å². The van der Waals surface area contributed by atoms with Crippen molar-refractivity contribution in [3.63, 3.8) is 0 Å². The minimum absolute atomic E-state index is 0. The Kier molecular flexibility index (Phi) is 29.3. The van der Waals surface area contributed by atoms with E-state index in [2.05, 4.69) is 46.7 Å². The van der Waals surface area contributed by atoms with Crippen LogP contribution in [0.4, 0.5) is 0 Å². The molecule has 6 heteroatoms. The highest BCUT2D eigenvalue weighted by atomic mass is 35.5. The lowest BCUT2D eigenvalue weighted by atomic mass is 10.0. The van der Waals surface area contributed by atoms with Gasteiger partial charge in [-0.3, -0.25) is 0 Å². The summed E-state index contributed by atoms with van der Waals surface area (Å²) in [6, 6.07) is 0. The Morgan fingerprint density at radius 2 is 0.857 bits per heavy atom. The van der Waals surface area contributed by atoms with Crippen LogP contribution < -0.4 is 0 Å². The molecule has 4 nitrogen and oxygen atoms in total. The molecule has 214 valence electrons. The summed E-state index contributed by atoms with van der Waals surface area (Å²) in [6.45, 7) is 11.6. The maximum atomic E-state index is 6.26. The molecule has 0 rings (SSSR count). The first-order chi connectivity index (χ1) is 16.6. The Morgan fingerprint density at radius 3 is 1.17 bits per heavy atom. The van der Waals surface area contributed by atoms with Crippen molar-refractivity contribution in [1.82, 2.24) is 4.90 Å². The standard InChI is InChI=1S/C29H63NO3Si.ClH/c1-7-11-12-13-14-15-16-17-18-19-20-21-22-23-24-25-26-29(27-28-30(5)6)34(31-8-2,32-9-3)33-10-4;/h29H,7-28H2,1-6H3;1H. The van der Waals surface area contributed by atoms with Crippen LogP contribution in [-0.4, -0.2) is 54.2 Å². The van der Waals surface area contributed by atoms with E-state index >= 15 is 0 Å². The van der Waals surface area contributed by atoms with E-state index in [0.717, 1.165) is 13.0 Å². The Balaban J connectivity index is 0. The van der Waals surface area contributed by atoms with Gasteiger partial charge in [0.05, 0.1) is 0 Å². The second-order valence-electron chi connectivity index (χ2n) is 10.3. The molecule has 0 aromatic heterocycles. The summed E-state index contributed by atoms with van der Waals surface area (Å²) in [5, 5.41) is 0. The maximum absolute atomic E-state index is 6.26. The third kappa shape index (κ3) is 21.0. The summed E-state index contributed by atoms with van der Waals surface area (Å²) >= 11 is 0. The van der Waals surface area contributed by atoms with E-state index in [1.54, 1.807) is 0 Å². The van der Waals surface area contributed by atoms with Crippen LogP contribution in [0.2, 0.25) is 5.54 Å². The van der Waals surface area contributed by atoms with Gasteiger partial charge in [-0.15, -0.1) is 12.4 Å². The molecule has 0 radical (unpaired) electrons. The Hall–Kier alpha value is 0.347. The van der Waals surface area contributed by atoms with Crippen LogP contribution in [-0.2, 0) is 13.3 Å². The molecule has 0 saturated heterocycles. The number of unbranched alkanes of at least 4 members (excludes halogenated alkanes) is 15. The van der Waals surface area contributed by atoms with E-state index in [0.29, 0.717) is 25.4 Å². The fourth-order valence-corrected chi connectivity index (χ4v) is 8.14. The first-order valence-corrected chi connectivity index (χ1v) is 16.9. The minimum atomic E-state index is -2.63. The highest BCUT2D eigenvalue weighted by molar-refractivity contribution is 6.62. The number of hydrogen-bond acceptors (Lipinski definition) is 4. The monoisotopic (exact) mass is 537 g/mol. The molecule has 0 aliphatic heterocycles. The van der Waals surface area contributed by atoms with Crippen LogP contribution >= 0.6 is 12.4 Å². The van der Waals surface area contributed by atoms with Gasteiger partial charge in [0.25, 0.3) is 0 Å². The van der Waals surface area contributed by atoms with Crippen molar-refractivity contribution in [1.29, 1.82) is 0 Å². The Bertz CT molecular complexity index is 398. The topological polar surface area (TPSA) is 30.9 Å². The summed E-state index contributed by atoms with van der Waals surface area (Å²) in [4.78, 5) is 2.27. The number of halogens is 1. The zero-order valence-corrected chi connectivity index (χ0v) is 26.5. The molecule has 1 atom stereocenters. The molecular weight excluding hydrogens is 474 g/mol. The summed E-state index contributed by atoms with van der Waals surface area (Å²) in [5.74, 6) is 0. The predicted octanol–water partition coefficient (Wildman–Crippen LogP) is 9.43. The van der Waals surface area contributed by atoms with E-state index < -0.39 is 8.80 Å². The zero-order valence-electron chi connectivity index (χ0n) is 24.7.